The van der Waals surface area contributed by atoms with E-state index >= 15 is 0 Å². The van der Waals surface area contributed by atoms with E-state index in [1.807, 2.05) is 6.07 Å². The van der Waals surface area contributed by atoms with E-state index in [1.165, 1.54) is 0 Å². The number of pyridine rings is 1. The average Bonchev–Trinajstić information content (AvgIpc) is 3.16. The van der Waals surface area contributed by atoms with Crippen molar-refractivity contribution in [3.05, 3.63) is 30.1 Å². The second-order valence-corrected chi connectivity index (χ2v) is 6.52. The lowest BCUT2D eigenvalue weighted by Crippen LogP contribution is -2.46. The minimum absolute atomic E-state index is 0.0546. The number of carboxylic acids is 1. The number of aromatic nitrogens is 2. The molecular formula is C17H19N3O3. The maximum absolute atomic E-state index is 13.1. The average molecular weight is 313 g/mol. The molecular weight excluding hydrogens is 294 g/mol. The first-order chi connectivity index (χ1) is 11.2. The summed E-state index contributed by atoms with van der Waals surface area (Å²) in [7, 11) is 0. The molecule has 2 fully saturated rings. The number of hydrogen-bond donors (Lipinski definition) is 2. The van der Waals surface area contributed by atoms with Crippen LogP contribution in [-0.2, 0) is 4.79 Å². The van der Waals surface area contributed by atoms with Gasteiger partial charge in [-0.25, -0.2) is 9.78 Å². The first-order valence-corrected chi connectivity index (χ1v) is 8.14. The van der Waals surface area contributed by atoms with Crippen LogP contribution in [-0.4, -0.2) is 43.9 Å². The summed E-state index contributed by atoms with van der Waals surface area (Å²) >= 11 is 0. The monoisotopic (exact) mass is 313 g/mol. The van der Waals surface area contributed by atoms with Crippen molar-refractivity contribution in [2.45, 2.75) is 44.2 Å². The van der Waals surface area contributed by atoms with Crippen LogP contribution in [0.25, 0.3) is 11.0 Å². The predicted octanol–water partition coefficient (Wildman–Crippen LogP) is 2.42. The van der Waals surface area contributed by atoms with Gasteiger partial charge in [-0.15, -0.1) is 0 Å². The van der Waals surface area contributed by atoms with Gasteiger partial charge in [-0.2, -0.15) is 0 Å². The third-order valence-corrected chi connectivity index (χ3v) is 5.29. The van der Waals surface area contributed by atoms with Gasteiger partial charge in [0.15, 0.2) is 0 Å². The molecule has 2 aromatic heterocycles. The zero-order valence-corrected chi connectivity index (χ0v) is 12.7. The molecule has 1 saturated carbocycles. The van der Waals surface area contributed by atoms with E-state index in [-0.39, 0.29) is 11.9 Å². The molecule has 1 saturated heterocycles. The number of fused-ring (bicyclic) bond motifs is 2. The summed E-state index contributed by atoms with van der Waals surface area (Å²) in [6.07, 6.45) is 8.01. The molecule has 0 aromatic carbocycles. The van der Waals surface area contributed by atoms with Gasteiger partial charge in [0.1, 0.15) is 11.7 Å². The van der Waals surface area contributed by atoms with Gasteiger partial charge in [0.25, 0.3) is 5.91 Å². The van der Waals surface area contributed by atoms with Gasteiger partial charge in [-0.3, -0.25) is 4.79 Å². The maximum atomic E-state index is 13.1. The molecule has 2 aromatic rings. The molecule has 6 nitrogen and oxygen atoms in total. The number of carboxylic acid groups (broad SMARTS) is 1. The molecule has 0 radical (unpaired) electrons. The number of carbonyl (C=O) groups is 2. The molecule has 1 aliphatic carbocycles. The Balaban J connectivity index is 1.74. The predicted molar refractivity (Wildman–Crippen MR) is 84.1 cm³/mol. The number of likely N-dealkylation sites (tertiary alicyclic amines) is 1. The molecule has 120 valence electrons. The number of aromatic amines is 1. The lowest BCUT2D eigenvalue weighted by Gasteiger charge is -2.32. The summed E-state index contributed by atoms with van der Waals surface area (Å²) in [4.78, 5) is 33.6. The van der Waals surface area contributed by atoms with E-state index in [0.717, 1.165) is 31.1 Å². The quantitative estimate of drug-likeness (QED) is 0.891. The van der Waals surface area contributed by atoms with E-state index in [0.29, 0.717) is 23.5 Å². The second kappa shape index (κ2) is 5.37. The summed E-state index contributed by atoms with van der Waals surface area (Å²) in [5, 5.41) is 10.3. The Morgan fingerprint density at radius 1 is 1.30 bits per heavy atom. The largest absolute Gasteiger partial charge is 0.480 e. The SMILES string of the molecule is O=C(O)C1CC2CCCCC2N1C(=O)c1c[nH]c2ncccc12. The molecule has 6 heteroatoms. The Labute approximate surface area is 133 Å². The zero-order valence-electron chi connectivity index (χ0n) is 12.7. The van der Waals surface area contributed by atoms with Crippen molar-refractivity contribution in [3.63, 3.8) is 0 Å². The third-order valence-electron chi connectivity index (χ3n) is 5.29. The van der Waals surface area contributed by atoms with Crippen LogP contribution in [0.5, 0.6) is 0 Å². The van der Waals surface area contributed by atoms with Crippen molar-refractivity contribution in [1.82, 2.24) is 14.9 Å². The highest BCUT2D eigenvalue weighted by molar-refractivity contribution is 6.07. The fourth-order valence-electron chi connectivity index (χ4n) is 4.24. The molecule has 2 N–H and O–H groups in total. The molecule has 1 amide bonds. The van der Waals surface area contributed by atoms with Gasteiger partial charge in [0, 0.05) is 23.8 Å². The van der Waals surface area contributed by atoms with E-state index in [1.54, 1.807) is 23.4 Å². The number of nitrogens with zero attached hydrogens (tertiary/aromatic N) is 2. The van der Waals surface area contributed by atoms with Crippen molar-refractivity contribution in [2.24, 2.45) is 5.92 Å². The van der Waals surface area contributed by atoms with E-state index in [4.69, 9.17) is 0 Å². The lowest BCUT2D eigenvalue weighted by atomic mass is 9.84. The minimum atomic E-state index is -0.897. The number of carbonyl (C=O) groups excluding carboxylic acids is 1. The Morgan fingerprint density at radius 2 is 2.13 bits per heavy atom. The van der Waals surface area contributed by atoms with Crippen LogP contribution in [0, 0.1) is 5.92 Å². The molecule has 0 bridgehead atoms. The van der Waals surface area contributed by atoms with Crippen molar-refractivity contribution in [3.8, 4) is 0 Å². The van der Waals surface area contributed by atoms with Gasteiger partial charge in [-0.05, 0) is 37.3 Å². The first-order valence-electron chi connectivity index (χ1n) is 8.14. The standard InChI is InChI=1S/C17H19N3O3/c21-16(12-9-19-15-11(12)5-3-7-18-15)20-13-6-2-1-4-10(13)8-14(20)17(22)23/h3,5,7,9-10,13-14H,1-2,4,6,8H2,(H,18,19)(H,22,23). The van der Waals surface area contributed by atoms with E-state index in [2.05, 4.69) is 9.97 Å². The van der Waals surface area contributed by atoms with Crippen molar-refractivity contribution < 1.29 is 14.7 Å². The lowest BCUT2D eigenvalue weighted by molar-refractivity contribution is -0.141. The first kappa shape index (κ1) is 14.2. The van der Waals surface area contributed by atoms with Crippen LogP contribution in [0.1, 0.15) is 42.5 Å². The van der Waals surface area contributed by atoms with Crippen LogP contribution in [0.3, 0.4) is 0 Å². The van der Waals surface area contributed by atoms with Gasteiger partial charge in [0.2, 0.25) is 0 Å². The Bertz CT molecular complexity index is 769. The number of hydrogen-bond acceptors (Lipinski definition) is 3. The van der Waals surface area contributed by atoms with E-state index in [9.17, 15) is 14.7 Å². The number of amides is 1. The highest BCUT2D eigenvalue weighted by Crippen LogP contribution is 2.41. The normalized spacial score (nSPS) is 27.1. The fourth-order valence-corrected chi connectivity index (χ4v) is 4.24. The molecule has 2 aliphatic rings. The van der Waals surface area contributed by atoms with Gasteiger partial charge < -0.3 is 15.0 Å². The Hall–Kier alpha value is -2.37. The highest BCUT2D eigenvalue weighted by atomic mass is 16.4. The van der Waals surface area contributed by atoms with Crippen molar-refractivity contribution in [2.75, 3.05) is 0 Å². The molecule has 3 atom stereocenters. The van der Waals surface area contributed by atoms with Crippen LogP contribution >= 0.6 is 0 Å². The van der Waals surface area contributed by atoms with Crippen LogP contribution in [0.15, 0.2) is 24.5 Å². The van der Waals surface area contributed by atoms with Gasteiger partial charge >= 0.3 is 5.97 Å². The Morgan fingerprint density at radius 3 is 2.96 bits per heavy atom. The number of aliphatic carboxylic acids is 1. The third kappa shape index (κ3) is 2.20. The molecule has 3 heterocycles. The summed E-state index contributed by atoms with van der Waals surface area (Å²) < 4.78 is 0. The van der Waals surface area contributed by atoms with Crippen LogP contribution in [0.4, 0.5) is 0 Å². The minimum Gasteiger partial charge on any atom is -0.480 e. The summed E-state index contributed by atoms with van der Waals surface area (Å²) in [5.41, 5.74) is 1.17. The second-order valence-electron chi connectivity index (χ2n) is 6.52. The van der Waals surface area contributed by atoms with Gasteiger partial charge in [-0.1, -0.05) is 12.8 Å². The Kier molecular flexibility index (Phi) is 3.32. The molecule has 3 unspecified atom stereocenters. The summed E-state index contributed by atoms with van der Waals surface area (Å²) in [6.45, 7) is 0. The van der Waals surface area contributed by atoms with Gasteiger partial charge in [0.05, 0.1) is 5.56 Å². The number of rotatable bonds is 2. The number of H-pyrrole nitrogens is 1. The zero-order chi connectivity index (χ0) is 16.0. The van der Waals surface area contributed by atoms with Crippen LogP contribution in [0.2, 0.25) is 0 Å². The van der Waals surface area contributed by atoms with Crippen molar-refractivity contribution in [1.29, 1.82) is 0 Å². The molecule has 23 heavy (non-hydrogen) atoms. The highest BCUT2D eigenvalue weighted by Gasteiger charge is 2.47. The maximum Gasteiger partial charge on any atom is 0.326 e. The van der Waals surface area contributed by atoms with Crippen LogP contribution < -0.4 is 0 Å². The molecule has 4 rings (SSSR count). The smallest absolute Gasteiger partial charge is 0.326 e. The summed E-state index contributed by atoms with van der Waals surface area (Å²) in [5.74, 6) is -0.770. The topological polar surface area (TPSA) is 86.3 Å². The number of nitrogens with one attached hydrogen (secondary N) is 1. The van der Waals surface area contributed by atoms with E-state index < -0.39 is 12.0 Å². The molecule has 0 spiro atoms. The van der Waals surface area contributed by atoms with Crippen molar-refractivity contribution >= 4 is 22.9 Å². The molecule has 1 aliphatic heterocycles. The summed E-state index contributed by atoms with van der Waals surface area (Å²) in [6, 6.07) is 2.97. The fraction of sp³-hybridized carbons (Fsp3) is 0.471.